The Hall–Kier alpha value is -1.52. The van der Waals surface area contributed by atoms with Gasteiger partial charge in [0.25, 0.3) is 0 Å². The smallest absolute Gasteiger partial charge is 0.341 e. The van der Waals surface area contributed by atoms with Crippen molar-refractivity contribution in [3.63, 3.8) is 0 Å². The molecule has 2 saturated heterocycles. The summed E-state index contributed by atoms with van der Waals surface area (Å²) in [6.07, 6.45) is -0.704. The Morgan fingerprint density at radius 2 is 2.00 bits per heavy atom. The van der Waals surface area contributed by atoms with E-state index in [1.165, 1.54) is 20.8 Å². The second-order valence-electron chi connectivity index (χ2n) is 8.24. The minimum atomic E-state index is -2.33. The number of esters is 2. The first-order chi connectivity index (χ1) is 12.4. The summed E-state index contributed by atoms with van der Waals surface area (Å²) in [5.74, 6) is -2.88. The molecule has 0 aromatic carbocycles. The maximum atomic E-state index is 13.0. The van der Waals surface area contributed by atoms with Crippen LogP contribution in [0.25, 0.3) is 0 Å². The van der Waals surface area contributed by atoms with E-state index in [1.807, 2.05) is 0 Å². The topological polar surface area (TPSA) is 136 Å². The van der Waals surface area contributed by atoms with E-state index in [2.05, 4.69) is 0 Å². The lowest BCUT2D eigenvalue weighted by Gasteiger charge is -2.42. The first kappa shape index (κ1) is 20.2. The second kappa shape index (κ2) is 6.52. The normalized spacial score (nSPS) is 46.5. The molecule has 7 atom stereocenters. The van der Waals surface area contributed by atoms with Gasteiger partial charge in [-0.05, 0) is 32.3 Å². The van der Waals surface area contributed by atoms with Crippen molar-refractivity contribution in [3.8, 4) is 0 Å². The van der Waals surface area contributed by atoms with Crippen molar-refractivity contribution < 1.29 is 39.0 Å². The molecule has 0 saturated carbocycles. The van der Waals surface area contributed by atoms with Crippen LogP contribution in [0.4, 0.5) is 0 Å². The van der Waals surface area contributed by atoms with Gasteiger partial charge in [-0.3, -0.25) is 0 Å². The van der Waals surface area contributed by atoms with Crippen LogP contribution >= 0.6 is 0 Å². The van der Waals surface area contributed by atoms with E-state index in [9.17, 15) is 30.1 Å². The molecule has 0 aromatic rings. The molecule has 9 nitrogen and oxygen atoms in total. The van der Waals surface area contributed by atoms with Crippen LogP contribution < -0.4 is 0 Å². The second-order valence-corrected chi connectivity index (χ2v) is 8.24. The van der Waals surface area contributed by atoms with Gasteiger partial charge in [-0.25, -0.2) is 9.59 Å². The molecule has 9 heteroatoms. The summed E-state index contributed by atoms with van der Waals surface area (Å²) in [5, 5.41) is 44.4. The zero-order valence-corrected chi connectivity index (χ0v) is 15.8. The molecular formula is C18H27NO8. The number of hydrogen-bond donors (Lipinski definition) is 3. The summed E-state index contributed by atoms with van der Waals surface area (Å²) < 4.78 is 10.1. The number of rotatable bonds is 1. The molecule has 1 unspecified atom stereocenters. The van der Waals surface area contributed by atoms with E-state index >= 15 is 0 Å². The lowest BCUT2D eigenvalue weighted by atomic mass is 9.79. The van der Waals surface area contributed by atoms with E-state index in [0.29, 0.717) is 12.0 Å². The van der Waals surface area contributed by atoms with Crippen LogP contribution in [0.2, 0.25) is 0 Å². The Kier molecular flexibility index (Phi) is 4.89. The Balaban J connectivity index is 2.00. The van der Waals surface area contributed by atoms with Gasteiger partial charge in [0.1, 0.15) is 6.61 Å². The standard InChI is InChI=1S/C18H27NO8/c1-10-8-18(24,11(2)20)16(22)27-13-5-7-19(25)6-4-12(14(13)19)9-26-15(21)17(10,3)23/h4,10-11,13-14,20,23-24H,5-9H2,1-3H3/t10-,11-,13-,14-,17+,18-,19?/m1/s1. The Bertz CT molecular complexity index is 674. The first-order valence-corrected chi connectivity index (χ1v) is 9.19. The third-order valence-corrected chi connectivity index (χ3v) is 6.36. The van der Waals surface area contributed by atoms with Gasteiger partial charge in [0.2, 0.25) is 0 Å². The van der Waals surface area contributed by atoms with Crippen LogP contribution in [-0.2, 0) is 19.1 Å². The summed E-state index contributed by atoms with van der Waals surface area (Å²) in [5.41, 5.74) is -3.79. The van der Waals surface area contributed by atoms with Crippen LogP contribution in [0.15, 0.2) is 11.6 Å². The molecule has 0 aromatic heterocycles. The lowest BCUT2D eigenvalue weighted by molar-refractivity contribution is -0.877. The summed E-state index contributed by atoms with van der Waals surface area (Å²) in [7, 11) is 0. The third kappa shape index (κ3) is 3.17. The molecule has 3 aliphatic heterocycles. The number of ether oxygens (including phenoxy) is 2. The zero-order chi connectivity index (χ0) is 20.2. The number of hydroxylamine groups is 3. The predicted octanol–water partition coefficient (Wildman–Crippen LogP) is -0.629. The summed E-state index contributed by atoms with van der Waals surface area (Å²) in [6.45, 7) is 4.19. The highest BCUT2D eigenvalue weighted by Gasteiger charge is 2.55. The van der Waals surface area contributed by atoms with E-state index in [-0.39, 0.29) is 19.7 Å². The highest BCUT2D eigenvalue weighted by molar-refractivity contribution is 5.82. The molecule has 0 bridgehead atoms. The molecular weight excluding hydrogens is 358 g/mol. The number of carbonyl (C=O) groups is 2. The van der Waals surface area contributed by atoms with Gasteiger partial charge >= 0.3 is 11.9 Å². The minimum Gasteiger partial charge on any atom is -0.632 e. The molecule has 0 amide bonds. The summed E-state index contributed by atoms with van der Waals surface area (Å²) in [6, 6.07) is -0.721. The van der Waals surface area contributed by atoms with Crippen LogP contribution in [-0.4, -0.2) is 81.1 Å². The quantitative estimate of drug-likeness (QED) is 0.235. The van der Waals surface area contributed by atoms with Gasteiger partial charge in [-0.15, -0.1) is 0 Å². The van der Waals surface area contributed by atoms with Gasteiger partial charge in [-0.2, -0.15) is 0 Å². The number of aliphatic hydroxyl groups is 3. The highest BCUT2D eigenvalue weighted by atomic mass is 16.6. The fraction of sp³-hybridized carbons (Fsp3) is 0.778. The lowest BCUT2D eigenvalue weighted by Crippen LogP contribution is -2.56. The molecule has 3 heterocycles. The predicted molar refractivity (Wildman–Crippen MR) is 91.7 cm³/mol. The molecule has 2 fully saturated rings. The SMILES string of the molecule is C[C@@H]1C[C@@](O)([C@@H](C)O)C(=O)O[C@@H]2CC[N+]3([O-])CC=C(COC(=O)[C@@]1(C)O)[C@H]23. The van der Waals surface area contributed by atoms with Gasteiger partial charge < -0.3 is 34.6 Å². The molecule has 27 heavy (non-hydrogen) atoms. The number of cyclic esters (lactones) is 1. The van der Waals surface area contributed by atoms with Crippen molar-refractivity contribution in [2.75, 3.05) is 19.7 Å². The maximum absolute atomic E-state index is 13.0. The summed E-state index contributed by atoms with van der Waals surface area (Å²) in [4.78, 5) is 25.2. The number of quaternary nitrogens is 1. The zero-order valence-electron chi connectivity index (χ0n) is 15.8. The first-order valence-electron chi connectivity index (χ1n) is 9.19. The van der Waals surface area contributed by atoms with E-state index in [1.54, 1.807) is 6.08 Å². The number of carbonyl (C=O) groups excluding carboxylic acids is 2. The number of hydrogen-bond acceptors (Lipinski definition) is 8. The molecule has 0 radical (unpaired) electrons. The van der Waals surface area contributed by atoms with Gasteiger partial charge in [0.05, 0.1) is 19.2 Å². The summed E-state index contributed by atoms with van der Waals surface area (Å²) >= 11 is 0. The number of aliphatic hydroxyl groups excluding tert-OH is 1. The van der Waals surface area contributed by atoms with Crippen molar-refractivity contribution in [1.82, 2.24) is 0 Å². The van der Waals surface area contributed by atoms with E-state index in [4.69, 9.17) is 9.47 Å². The number of nitrogens with zero attached hydrogens (tertiary/aromatic N) is 1. The van der Waals surface area contributed by atoms with Crippen LogP contribution in [0.1, 0.15) is 33.6 Å². The van der Waals surface area contributed by atoms with Gasteiger partial charge in [0.15, 0.2) is 23.3 Å². The Morgan fingerprint density at radius 1 is 1.33 bits per heavy atom. The van der Waals surface area contributed by atoms with Crippen LogP contribution in [0.5, 0.6) is 0 Å². The largest absolute Gasteiger partial charge is 0.632 e. The molecule has 0 aliphatic carbocycles. The Morgan fingerprint density at radius 3 is 2.63 bits per heavy atom. The molecule has 152 valence electrons. The van der Waals surface area contributed by atoms with Crippen molar-refractivity contribution >= 4 is 11.9 Å². The van der Waals surface area contributed by atoms with Crippen molar-refractivity contribution in [2.45, 2.75) is 63.1 Å². The van der Waals surface area contributed by atoms with Crippen LogP contribution in [0, 0.1) is 11.1 Å². The van der Waals surface area contributed by atoms with Gasteiger partial charge in [-0.1, -0.05) is 6.92 Å². The van der Waals surface area contributed by atoms with Crippen molar-refractivity contribution in [1.29, 1.82) is 0 Å². The molecule has 0 spiro atoms. The van der Waals surface area contributed by atoms with Crippen molar-refractivity contribution in [2.24, 2.45) is 5.92 Å². The minimum absolute atomic E-state index is 0.163. The molecule has 3 N–H and O–H groups in total. The fourth-order valence-electron chi connectivity index (χ4n) is 4.18. The van der Waals surface area contributed by atoms with E-state index < -0.39 is 58.4 Å². The highest BCUT2D eigenvalue weighted by Crippen LogP contribution is 2.40. The Labute approximate surface area is 157 Å². The maximum Gasteiger partial charge on any atom is 0.341 e. The van der Waals surface area contributed by atoms with Crippen molar-refractivity contribution in [3.05, 3.63) is 16.9 Å². The van der Waals surface area contributed by atoms with Gasteiger partial charge in [0, 0.05) is 12.0 Å². The fourth-order valence-corrected chi connectivity index (χ4v) is 4.18. The average Bonchev–Trinajstić information content (AvgIpc) is 3.07. The van der Waals surface area contributed by atoms with E-state index in [0.717, 1.165) is 0 Å². The third-order valence-electron chi connectivity index (χ3n) is 6.36. The monoisotopic (exact) mass is 385 g/mol. The molecule has 3 aliphatic rings. The average molecular weight is 385 g/mol. The molecule has 3 rings (SSSR count). The van der Waals surface area contributed by atoms with Crippen LogP contribution in [0.3, 0.4) is 0 Å².